The van der Waals surface area contributed by atoms with Crippen LogP contribution in [0.4, 0.5) is 0 Å². The zero-order valence-electron chi connectivity index (χ0n) is 11.9. The van der Waals surface area contributed by atoms with E-state index in [1.807, 2.05) is 0 Å². The molecule has 0 aliphatic carbocycles. The number of carbonyl (C=O) groups excluding carboxylic acids is 1. The first-order valence-corrected chi connectivity index (χ1v) is 7.29. The molecule has 2 aromatic heterocycles. The van der Waals surface area contributed by atoms with E-state index in [9.17, 15) is 9.59 Å². The molecule has 0 aliphatic rings. The number of carbonyl (C=O) groups is 1. The highest BCUT2D eigenvalue weighted by molar-refractivity contribution is 7.12. The molecule has 0 fully saturated rings. The van der Waals surface area contributed by atoms with Crippen molar-refractivity contribution in [3.05, 3.63) is 57.3 Å². The van der Waals surface area contributed by atoms with Gasteiger partial charge in [-0.05, 0) is 18.2 Å². The van der Waals surface area contributed by atoms with E-state index < -0.39 is 5.63 Å². The van der Waals surface area contributed by atoms with E-state index in [0.717, 1.165) is 0 Å². The molecule has 2 heterocycles. The molecule has 3 rings (SSSR count). The molecule has 112 valence electrons. The minimum atomic E-state index is -0.670. The molecule has 1 aromatic carbocycles. The Hall–Kier alpha value is -2.60. The van der Waals surface area contributed by atoms with E-state index in [2.05, 4.69) is 0 Å². The molecule has 0 aliphatic heterocycles. The number of benzene rings is 1. The van der Waals surface area contributed by atoms with Gasteiger partial charge in [-0.15, -0.1) is 11.3 Å². The summed E-state index contributed by atoms with van der Waals surface area (Å²) < 4.78 is 15.4. The average molecular weight is 316 g/mol. The molecule has 3 aromatic rings. The highest BCUT2D eigenvalue weighted by Crippen LogP contribution is 2.25. The third kappa shape index (κ3) is 2.48. The Morgan fingerprint density at radius 2 is 1.95 bits per heavy atom. The molecule has 0 spiro atoms. The Morgan fingerprint density at radius 1 is 1.14 bits per heavy atom. The Kier molecular flexibility index (Phi) is 3.68. The van der Waals surface area contributed by atoms with Crippen molar-refractivity contribution < 1.29 is 18.7 Å². The third-order valence-corrected chi connectivity index (χ3v) is 4.12. The maximum atomic E-state index is 12.4. The number of hydrogen-bond acceptors (Lipinski definition) is 6. The maximum absolute atomic E-state index is 12.4. The Bertz CT molecular complexity index is 906. The zero-order chi connectivity index (χ0) is 15.7. The quantitative estimate of drug-likeness (QED) is 0.546. The van der Waals surface area contributed by atoms with Crippen molar-refractivity contribution in [2.24, 2.45) is 0 Å². The van der Waals surface area contributed by atoms with Gasteiger partial charge in [-0.1, -0.05) is 0 Å². The van der Waals surface area contributed by atoms with E-state index >= 15 is 0 Å². The fraction of sp³-hybridized carbons (Fsp3) is 0.125. The highest BCUT2D eigenvalue weighted by Gasteiger charge is 2.17. The van der Waals surface area contributed by atoms with E-state index in [-0.39, 0.29) is 11.3 Å². The van der Waals surface area contributed by atoms with Gasteiger partial charge in [-0.3, -0.25) is 4.79 Å². The lowest BCUT2D eigenvalue weighted by atomic mass is 10.1. The van der Waals surface area contributed by atoms with Crippen molar-refractivity contribution in [2.75, 3.05) is 14.2 Å². The minimum absolute atomic E-state index is 0.00174. The van der Waals surface area contributed by atoms with Crippen LogP contribution in [0.25, 0.3) is 11.0 Å². The van der Waals surface area contributed by atoms with Gasteiger partial charge in [0.05, 0.1) is 14.2 Å². The first-order chi connectivity index (χ1) is 10.6. The van der Waals surface area contributed by atoms with E-state index in [1.54, 1.807) is 29.6 Å². The van der Waals surface area contributed by atoms with Crippen molar-refractivity contribution in [3.63, 3.8) is 0 Å². The second-order valence-electron chi connectivity index (χ2n) is 4.54. The average Bonchev–Trinajstić information content (AvgIpc) is 3.02. The highest BCUT2D eigenvalue weighted by atomic mass is 32.1. The molecule has 0 atom stereocenters. The summed E-state index contributed by atoms with van der Waals surface area (Å²) in [6.45, 7) is 0. The summed E-state index contributed by atoms with van der Waals surface area (Å²) in [4.78, 5) is 24.5. The molecule has 5 nitrogen and oxygen atoms in total. The second kappa shape index (κ2) is 5.65. The van der Waals surface area contributed by atoms with Gasteiger partial charge in [0.2, 0.25) is 5.78 Å². The first-order valence-electron chi connectivity index (χ1n) is 6.41. The predicted octanol–water partition coefficient (Wildman–Crippen LogP) is 3.10. The largest absolute Gasteiger partial charge is 0.497 e. The van der Waals surface area contributed by atoms with Crippen molar-refractivity contribution in [2.45, 2.75) is 0 Å². The van der Waals surface area contributed by atoms with Crippen molar-refractivity contribution >= 4 is 28.1 Å². The molecule has 0 N–H and O–H groups in total. The molecular weight excluding hydrogens is 304 g/mol. The zero-order valence-corrected chi connectivity index (χ0v) is 12.7. The Morgan fingerprint density at radius 3 is 2.64 bits per heavy atom. The number of ketones is 1. The molecule has 0 saturated heterocycles. The van der Waals surface area contributed by atoms with Crippen molar-refractivity contribution in [3.8, 4) is 10.8 Å². The number of fused-ring (bicyclic) bond motifs is 1. The van der Waals surface area contributed by atoms with E-state index in [0.29, 0.717) is 27.3 Å². The fourth-order valence-corrected chi connectivity index (χ4v) is 2.78. The molecule has 0 unspecified atom stereocenters. The van der Waals surface area contributed by atoms with Crippen LogP contribution in [0.2, 0.25) is 0 Å². The molecule has 0 saturated carbocycles. The lowest BCUT2D eigenvalue weighted by Gasteiger charge is -2.03. The molecule has 22 heavy (non-hydrogen) atoms. The van der Waals surface area contributed by atoms with Gasteiger partial charge in [-0.2, -0.15) is 0 Å². The summed E-state index contributed by atoms with van der Waals surface area (Å²) in [7, 11) is 3.05. The summed E-state index contributed by atoms with van der Waals surface area (Å²) in [5.74, 6) is 0.198. The van der Waals surface area contributed by atoms with Gasteiger partial charge in [0.15, 0.2) is 5.06 Å². The summed E-state index contributed by atoms with van der Waals surface area (Å²) >= 11 is 1.29. The van der Waals surface area contributed by atoms with E-state index in [1.165, 1.54) is 31.6 Å². The van der Waals surface area contributed by atoms with Gasteiger partial charge in [-0.25, -0.2) is 4.79 Å². The van der Waals surface area contributed by atoms with Gasteiger partial charge in [0, 0.05) is 28.5 Å². The van der Waals surface area contributed by atoms with Crippen LogP contribution < -0.4 is 15.1 Å². The molecule has 0 radical (unpaired) electrons. The molecule has 6 heteroatoms. The predicted molar refractivity (Wildman–Crippen MR) is 83.3 cm³/mol. The normalized spacial score (nSPS) is 10.6. The van der Waals surface area contributed by atoms with Crippen LogP contribution in [0.5, 0.6) is 10.8 Å². The summed E-state index contributed by atoms with van der Waals surface area (Å²) in [6, 6.07) is 8.22. The molecule has 0 amide bonds. The van der Waals surface area contributed by atoms with E-state index in [4.69, 9.17) is 13.9 Å². The summed E-state index contributed by atoms with van der Waals surface area (Å²) in [6.07, 6.45) is 0. The van der Waals surface area contributed by atoms with Crippen LogP contribution in [-0.4, -0.2) is 20.0 Å². The third-order valence-electron chi connectivity index (χ3n) is 3.23. The first kappa shape index (κ1) is 14.3. The summed E-state index contributed by atoms with van der Waals surface area (Å²) in [5, 5.41) is 2.92. The SMILES string of the molecule is COc1ccc2cc(C(=O)c3csc(OC)c3)c(=O)oc2c1. The van der Waals surface area contributed by atoms with Crippen LogP contribution in [0.1, 0.15) is 15.9 Å². The molecular formula is C16H12O5S. The Labute approximate surface area is 129 Å². The van der Waals surface area contributed by atoms with Crippen molar-refractivity contribution in [1.29, 1.82) is 0 Å². The monoisotopic (exact) mass is 316 g/mol. The number of rotatable bonds is 4. The fourth-order valence-electron chi connectivity index (χ4n) is 2.07. The van der Waals surface area contributed by atoms with Crippen LogP contribution in [0.3, 0.4) is 0 Å². The summed E-state index contributed by atoms with van der Waals surface area (Å²) in [5.41, 5.74) is 0.111. The van der Waals surface area contributed by atoms with Gasteiger partial charge >= 0.3 is 5.63 Å². The smallest absolute Gasteiger partial charge is 0.347 e. The lowest BCUT2D eigenvalue weighted by molar-refractivity contribution is 0.103. The van der Waals surface area contributed by atoms with Crippen LogP contribution in [0.15, 0.2) is 44.9 Å². The minimum Gasteiger partial charge on any atom is -0.497 e. The van der Waals surface area contributed by atoms with Crippen molar-refractivity contribution in [1.82, 2.24) is 0 Å². The maximum Gasteiger partial charge on any atom is 0.347 e. The van der Waals surface area contributed by atoms with Gasteiger partial charge in [0.25, 0.3) is 0 Å². The number of methoxy groups -OCH3 is 2. The number of hydrogen-bond donors (Lipinski definition) is 0. The number of thiophene rings is 1. The Balaban J connectivity index is 2.08. The van der Waals surface area contributed by atoms with Crippen LogP contribution in [0, 0.1) is 0 Å². The number of ether oxygens (including phenoxy) is 2. The molecule has 0 bridgehead atoms. The van der Waals surface area contributed by atoms with Gasteiger partial charge in [0.1, 0.15) is 16.9 Å². The van der Waals surface area contributed by atoms with Crippen LogP contribution in [-0.2, 0) is 0 Å². The lowest BCUT2D eigenvalue weighted by Crippen LogP contribution is -2.14. The van der Waals surface area contributed by atoms with Crippen LogP contribution >= 0.6 is 11.3 Å². The van der Waals surface area contributed by atoms with Gasteiger partial charge < -0.3 is 13.9 Å². The topological polar surface area (TPSA) is 65.7 Å². The standard InChI is InChI=1S/C16H12O5S/c1-19-11-4-3-9-5-12(16(18)21-13(9)7-11)15(17)10-6-14(20-2)22-8-10/h3-8H,1-2H3. The second-order valence-corrected chi connectivity index (χ2v) is 5.41.